The Balaban J connectivity index is 2.18. The van der Waals surface area contributed by atoms with E-state index in [1.54, 1.807) is 0 Å². The summed E-state index contributed by atoms with van der Waals surface area (Å²) in [7, 11) is 0. The zero-order valence-electron chi connectivity index (χ0n) is 10.6. The lowest BCUT2D eigenvalue weighted by molar-refractivity contribution is -0.0507. The molecule has 1 aliphatic heterocycles. The first kappa shape index (κ1) is 14.3. The molecule has 10 heteroatoms. The van der Waals surface area contributed by atoms with Crippen molar-refractivity contribution in [2.45, 2.75) is 24.5 Å². The second-order valence-electron chi connectivity index (χ2n) is 4.77. The summed E-state index contributed by atoms with van der Waals surface area (Å²) in [5, 5.41) is 35.2. The Kier molecular flexibility index (Phi) is 3.38. The number of halogens is 1. The Bertz CT molecular complexity index is 744. The summed E-state index contributed by atoms with van der Waals surface area (Å²) >= 11 is 6.05. The number of H-pyrrole nitrogens is 1. The summed E-state index contributed by atoms with van der Waals surface area (Å²) in [6.07, 6.45) is -3.29. The van der Waals surface area contributed by atoms with Gasteiger partial charge in [0.2, 0.25) is 0 Å². The smallest absolute Gasteiger partial charge is 0.288 e. The van der Waals surface area contributed by atoms with E-state index >= 15 is 0 Å². The Labute approximate surface area is 122 Å². The van der Waals surface area contributed by atoms with Crippen molar-refractivity contribution < 1.29 is 20.1 Å². The fraction of sp³-hybridized carbons (Fsp3) is 0.455. The number of anilines is 1. The van der Waals surface area contributed by atoms with Crippen LogP contribution in [0.15, 0.2) is 11.0 Å². The zero-order chi connectivity index (χ0) is 15.3. The Hall–Kier alpha value is -1.65. The first-order valence-corrected chi connectivity index (χ1v) is 6.50. The van der Waals surface area contributed by atoms with Crippen LogP contribution in [0, 0.1) is 0 Å². The molecule has 2 aromatic rings. The van der Waals surface area contributed by atoms with E-state index < -0.39 is 36.7 Å². The molecule has 1 fully saturated rings. The van der Waals surface area contributed by atoms with Crippen molar-refractivity contribution in [3.8, 4) is 0 Å². The largest absolute Gasteiger partial charge is 0.394 e. The van der Waals surface area contributed by atoms with Crippen LogP contribution >= 0.6 is 11.6 Å². The van der Waals surface area contributed by atoms with Gasteiger partial charge in [0.15, 0.2) is 12.0 Å². The van der Waals surface area contributed by atoms with E-state index in [1.807, 2.05) is 0 Å². The predicted octanol–water partition coefficient (Wildman–Crippen LogP) is -1.43. The number of nitrogens with two attached hydrogens (primary N) is 1. The molecule has 21 heavy (non-hydrogen) atoms. The van der Waals surface area contributed by atoms with E-state index in [1.165, 1.54) is 10.8 Å². The summed E-state index contributed by atoms with van der Waals surface area (Å²) in [5.74, 6) is 0.0279. The van der Waals surface area contributed by atoms with Gasteiger partial charge in [-0.25, -0.2) is 5.10 Å². The van der Waals surface area contributed by atoms with Crippen molar-refractivity contribution in [3.63, 3.8) is 0 Å². The number of fused-ring (bicyclic) bond motifs is 1. The topological polar surface area (TPSA) is 147 Å². The van der Waals surface area contributed by atoms with Gasteiger partial charge in [-0.05, 0) is 0 Å². The van der Waals surface area contributed by atoms with E-state index in [4.69, 9.17) is 27.2 Å². The number of ether oxygens (including phenoxy) is 1. The van der Waals surface area contributed by atoms with Gasteiger partial charge in [0.1, 0.15) is 23.8 Å². The van der Waals surface area contributed by atoms with Crippen LogP contribution in [0.2, 0.25) is 5.02 Å². The molecule has 1 aliphatic rings. The Morgan fingerprint density at radius 2 is 2.19 bits per heavy atom. The monoisotopic (exact) mass is 316 g/mol. The van der Waals surface area contributed by atoms with Gasteiger partial charge >= 0.3 is 0 Å². The molecule has 3 heterocycles. The fourth-order valence-corrected chi connectivity index (χ4v) is 2.79. The summed E-state index contributed by atoms with van der Waals surface area (Å²) in [6, 6.07) is 0. The quantitative estimate of drug-likeness (QED) is 0.456. The third-order valence-corrected chi connectivity index (χ3v) is 3.81. The first-order valence-electron chi connectivity index (χ1n) is 6.12. The Morgan fingerprint density at radius 1 is 1.48 bits per heavy atom. The number of nitrogens with zero attached hydrogens (tertiary/aromatic N) is 2. The molecule has 0 unspecified atom stereocenters. The fourth-order valence-electron chi connectivity index (χ4n) is 2.50. The lowest BCUT2D eigenvalue weighted by Crippen LogP contribution is -2.33. The lowest BCUT2D eigenvalue weighted by atomic mass is 10.1. The molecule has 4 atom stereocenters. The van der Waals surface area contributed by atoms with Crippen LogP contribution in [0.1, 0.15) is 6.23 Å². The van der Waals surface area contributed by atoms with Gasteiger partial charge in [-0.1, -0.05) is 11.6 Å². The summed E-state index contributed by atoms with van der Waals surface area (Å²) in [4.78, 5) is 12.0. The van der Waals surface area contributed by atoms with E-state index in [0.29, 0.717) is 0 Å². The SMILES string of the molecule is Nc1n[nH]c(=O)c2c1c(Cl)cn2[C@@H]1O[C@H](CO)[C@@H](O)[C@H]1O. The molecule has 6 N–H and O–H groups in total. The van der Waals surface area contributed by atoms with Crippen molar-refractivity contribution in [2.24, 2.45) is 0 Å². The summed E-state index contributed by atoms with van der Waals surface area (Å²) in [5.41, 5.74) is 5.19. The van der Waals surface area contributed by atoms with E-state index in [9.17, 15) is 15.0 Å². The standard InChI is InChI=1S/C11H13ClN4O5/c12-3-1-16(6-5(3)9(13)14-15-10(6)20)11-8(19)7(18)4(2-17)21-11/h1,4,7-8,11,17-19H,2H2,(H2,13,14)(H,15,20)/t4-,7-,8-,11-/m1/s1. The maximum atomic E-state index is 12.0. The molecule has 0 amide bonds. The number of hydrogen-bond donors (Lipinski definition) is 5. The van der Waals surface area contributed by atoms with Crippen molar-refractivity contribution in [3.05, 3.63) is 21.6 Å². The number of aromatic nitrogens is 3. The summed E-state index contributed by atoms with van der Waals surface area (Å²) in [6.45, 7) is -0.471. The number of aliphatic hydroxyl groups is 3. The number of rotatable bonds is 2. The molecule has 3 rings (SSSR count). The van der Waals surface area contributed by atoms with Gasteiger partial charge in [0.05, 0.1) is 17.0 Å². The highest BCUT2D eigenvalue weighted by Crippen LogP contribution is 2.35. The molecular weight excluding hydrogens is 304 g/mol. The molecule has 0 bridgehead atoms. The molecule has 9 nitrogen and oxygen atoms in total. The van der Waals surface area contributed by atoms with E-state index in [-0.39, 0.29) is 21.7 Å². The molecule has 0 aliphatic carbocycles. The molecule has 0 radical (unpaired) electrons. The van der Waals surface area contributed by atoms with Crippen LogP contribution in [0.25, 0.3) is 10.9 Å². The number of aliphatic hydroxyl groups excluding tert-OH is 3. The van der Waals surface area contributed by atoms with Gasteiger partial charge in [-0.2, -0.15) is 5.10 Å². The first-order chi connectivity index (χ1) is 9.95. The predicted molar refractivity (Wildman–Crippen MR) is 72.8 cm³/mol. The zero-order valence-corrected chi connectivity index (χ0v) is 11.4. The molecular formula is C11H13ClN4O5. The molecule has 0 spiro atoms. The number of nitrogen functional groups attached to an aromatic ring is 1. The van der Waals surface area contributed by atoms with Crippen LogP contribution in [-0.2, 0) is 4.74 Å². The van der Waals surface area contributed by atoms with Crippen molar-refractivity contribution in [1.29, 1.82) is 0 Å². The third-order valence-electron chi connectivity index (χ3n) is 3.53. The molecule has 2 aromatic heterocycles. The molecule has 0 aromatic carbocycles. The normalized spacial score (nSPS) is 29.3. The van der Waals surface area contributed by atoms with Crippen molar-refractivity contribution in [1.82, 2.24) is 14.8 Å². The van der Waals surface area contributed by atoms with Gasteiger partial charge in [-0.15, -0.1) is 0 Å². The molecule has 114 valence electrons. The number of nitrogens with one attached hydrogen (secondary N) is 1. The van der Waals surface area contributed by atoms with E-state index in [2.05, 4.69) is 10.2 Å². The minimum absolute atomic E-state index is 0.0279. The second-order valence-corrected chi connectivity index (χ2v) is 5.18. The highest BCUT2D eigenvalue weighted by molar-refractivity contribution is 6.36. The molecule has 0 saturated carbocycles. The lowest BCUT2D eigenvalue weighted by Gasteiger charge is -2.17. The Morgan fingerprint density at radius 3 is 2.81 bits per heavy atom. The van der Waals surface area contributed by atoms with Crippen LogP contribution < -0.4 is 11.3 Å². The van der Waals surface area contributed by atoms with Crippen LogP contribution in [-0.4, -0.2) is 55.0 Å². The van der Waals surface area contributed by atoms with Gasteiger partial charge in [-0.3, -0.25) is 4.79 Å². The highest BCUT2D eigenvalue weighted by atomic mass is 35.5. The van der Waals surface area contributed by atoms with Gasteiger partial charge < -0.3 is 30.4 Å². The minimum Gasteiger partial charge on any atom is -0.394 e. The van der Waals surface area contributed by atoms with Gasteiger partial charge in [0, 0.05) is 6.20 Å². The number of aromatic amines is 1. The second kappa shape index (κ2) is 4.97. The van der Waals surface area contributed by atoms with Gasteiger partial charge in [0.25, 0.3) is 5.56 Å². The van der Waals surface area contributed by atoms with Crippen LogP contribution in [0.5, 0.6) is 0 Å². The minimum atomic E-state index is -1.33. The van der Waals surface area contributed by atoms with E-state index in [0.717, 1.165) is 0 Å². The van der Waals surface area contributed by atoms with Crippen LogP contribution in [0.3, 0.4) is 0 Å². The van der Waals surface area contributed by atoms with Crippen molar-refractivity contribution >= 4 is 28.3 Å². The maximum Gasteiger partial charge on any atom is 0.288 e. The number of hydrogen-bond acceptors (Lipinski definition) is 7. The summed E-state index contributed by atoms with van der Waals surface area (Å²) < 4.78 is 6.65. The van der Waals surface area contributed by atoms with Crippen molar-refractivity contribution in [2.75, 3.05) is 12.3 Å². The molecule has 1 saturated heterocycles. The average Bonchev–Trinajstić information content (AvgIpc) is 2.94. The maximum absolute atomic E-state index is 12.0. The average molecular weight is 317 g/mol. The van der Waals surface area contributed by atoms with Crippen LogP contribution in [0.4, 0.5) is 5.82 Å². The third kappa shape index (κ3) is 2.01. The highest BCUT2D eigenvalue weighted by Gasteiger charge is 2.44.